The topological polar surface area (TPSA) is 36.4 Å². The lowest BCUT2D eigenvalue weighted by Gasteiger charge is -2.22. The van der Waals surface area contributed by atoms with Gasteiger partial charge in [-0.3, -0.25) is 4.98 Å². The molecule has 0 unspecified atom stereocenters. The quantitative estimate of drug-likeness (QED) is 0.652. The van der Waals surface area contributed by atoms with Crippen molar-refractivity contribution < 1.29 is 4.57 Å². The molecule has 26 heavy (non-hydrogen) atoms. The Kier molecular flexibility index (Phi) is 5.15. The zero-order chi connectivity index (χ0) is 18.7. The third-order valence-electron chi connectivity index (χ3n) is 4.49. The maximum atomic E-state index is 14.3. The van der Waals surface area contributed by atoms with E-state index in [1.165, 1.54) is 0 Å². The molecule has 134 valence electrons. The molecule has 0 spiro atoms. The molecule has 0 radical (unpaired) electrons. The van der Waals surface area contributed by atoms with Gasteiger partial charge in [-0.2, -0.15) is 0 Å². The van der Waals surface area contributed by atoms with E-state index >= 15 is 0 Å². The maximum absolute atomic E-state index is 14.3. The molecule has 0 bridgehead atoms. The molecule has 0 aliphatic heterocycles. The normalized spacial score (nSPS) is 11.2. The number of pyridine rings is 1. The minimum absolute atomic E-state index is 0.794. The van der Waals surface area contributed by atoms with Crippen molar-refractivity contribution in [1.82, 2.24) is 4.98 Å². The van der Waals surface area contributed by atoms with Gasteiger partial charge >= 0.3 is 0 Å². The van der Waals surface area contributed by atoms with Crippen LogP contribution in [0.4, 0.5) is 11.4 Å². The van der Waals surface area contributed by atoms with E-state index < -0.39 is 7.14 Å². The monoisotopic (exact) mass is 365 g/mol. The molecular formula is C21H24N3OP. The van der Waals surface area contributed by atoms with Gasteiger partial charge in [0.15, 0.2) is 7.14 Å². The van der Waals surface area contributed by atoms with Crippen LogP contribution in [0.15, 0.2) is 73.1 Å². The highest BCUT2D eigenvalue weighted by molar-refractivity contribution is 7.85. The van der Waals surface area contributed by atoms with Gasteiger partial charge in [0.05, 0.1) is 0 Å². The van der Waals surface area contributed by atoms with E-state index in [4.69, 9.17) is 0 Å². The van der Waals surface area contributed by atoms with Crippen LogP contribution < -0.4 is 25.7 Å². The highest BCUT2D eigenvalue weighted by Crippen LogP contribution is 2.42. The number of hydrogen-bond donors (Lipinski definition) is 0. The van der Waals surface area contributed by atoms with Gasteiger partial charge < -0.3 is 14.4 Å². The predicted molar refractivity (Wildman–Crippen MR) is 112 cm³/mol. The molecule has 1 aromatic heterocycles. The number of anilines is 2. The number of aromatic nitrogens is 1. The van der Waals surface area contributed by atoms with Crippen LogP contribution in [-0.4, -0.2) is 33.2 Å². The molecule has 0 atom stereocenters. The molecule has 0 N–H and O–H groups in total. The minimum Gasteiger partial charge on any atom is -0.378 e. The fraction of sp³-hybridized carbons (Fsp3) is 0.190. The molecule has 3 aromatic rings. The summed E-state index contributed by atoms with van der Waals surface area (Å²) in [5.74, 6) is 0. The minimum atomic E-state index is -2.95. The molecule has 5 heteroatoms. The Morgan fingerprint density at radius 1 is 0.615 bits per heavy atom. The van der Waals surface area contributed by atoms with Gasteiger partial charge in [0.25, 0.3) is 0 Å². The first-order valence-electron chi connectivity index (χ1n) is 8.49. The highest BCUT2D eigenvalue weighted by atomic mass is 31.2. The van der Waals surface area contributed by atoms with Gasteiger partial charge in [-0.05, 0) is 60.7 Å². The van der Waals surface area contributed by atoms with Crippen molar-refractivity contribution in [3.8, 4) is 0 Å². The zero-order valence-electron chi connectivity index (χ0n) is 15.6. The molecule has 0 saturated heterocycles. The van der Waals surface area contributed by atoms with Crippen molar-refractivity contribution in [2.24, 2.45) is 0 Å². The van der Waals surface area contributed by atoms with Crippen molar-refractivity contribution >= 4 is 34.4 Å². The summed E-state index contributed by atoms with van der Waals surface area (Å²) in [6.07, 6.45) is 3.40. The van der Waals surface area contributed by atoms with E-state index in [0.717, 1.165) is 27.3 Å². The first kappa shape index (κ1) is 18.2. The van der Waals surface area contributed by atoms with Gasteiger partial charge in [-0.1, -0.05) is 0 Å². The molecule has 0 saturated carbocycles. The van der Waals surface area contributed by atoms with Crippen LogP contribution in [0, 0.1) is 0 Å². The zero-order valence-corrected chi connectivity index (χ0v) is 16.5. The SMILES string of the molecule is CN(C)c1ccc(P(=O)(c2ccncc2)c2ccc(N(C)C)cc2)cc1. The Hall–Kier alpha value is -2.58. The summed E-state index contributed by atoms with van der Waals surface area (Å²) in [6.45, 7) is 0. The first-order chi connectivity index (χ1) is 12.4. The Bertz CT molecular complexity index is 849. The van der Waals surface area contributed by atoms with Crippen LogP contribution in [0.25, 0.3) is 0 Å². The van der Waals surface area contributed by atoms with Gasteiger partial charge in [0.1, 0.15) is 0 Å². The van der Waals surface area contributed by atoms with E-state index in [1.807, 2.05) is 98.7 Å². The van der Waals surface area contributed by atoms with Crippen molar-refractivity contribution in [3.05, 3.63) is 73.1 Å². The second-order valence-corrected chi connectivity index (χ2v) is 9.40. The summed E-state index contributed by atoms with van der Waals surface area (Å²) in [5, 5.41) is 2.45. The first-order valence-corrected chi connectivity index (χ1v) is 10.2. The molecule has 4 nitrogen and oxygen atoms in total. The Morgan fingerprint density at radius 3 is 1.31 bits per heavy atom. The predicted octanol–water partition coefficient (Wildman–Crippen LogP) is 2.85. The molecule has 1 heterocycles. The van der Waals surface area contributed by atoms with E-state index in [0.29, 0.717) is 0 Å². The summed E-state index contributed by atoms with van der Waals surface area (Å²) in [6, 6.07) is 19.6. The molecule has 0 fully saturated rings. The lowest BCUT2D eigenvalue weighted by molar-refractivity contribution is 0.592. The molecule has 0 aliphatic rings. The average Bonchev–Trinajstić information content (AvgIpc) is 2.68. The standard InChI is InChI=1S/C21H24N3OP/c1-23(2)17-5-9-19(10-6-17)26(25,21-13-15-22-16-14-21)20-11-7-18(8-12-20)24(3)4/h5-16H,1-4H3. The van der Waals surface area contributed by atoms with Crippen molar-refractivity contribution in [3.63, 3.8) is 0 Å². The summed E-state index contributed by atoms with van der Waals surface area (Å²) < 4.78 is 14.3. The van der Waals surface area contributed by atoms with Gasteiger partial charge in [-0.15, -0.1) is 0 Å². The smallest absolute Gasteiger partial charge is 0.171 e. The largest absolute Gasteiger partial charge is 0.378 e. The van der Waals surface area contributed by atoms with Gasteiger partial charge in [0, 0.05) is 67.9 Å². The Balaban J connectivity index is 2.16. The number of rotatable bonds is 5. The number of nitrogens with zero attached hydrogens (tertiary/aromatic N) is 3. The number of hydrogen-bond acceptors (Lipinski definition) is 4. The van der Waals surface area contributed by atoms with Crippen LogP contribution in [0.2, 0.25) is 0 Å². The average molecular weight is 365 g/mol. The lowest BCUT2D eigenvalue weighted by atomic mass is 10.3. The van der Waals surface area contributed by atoms with Crippen LogP contribution in [0.1, 0.15) is 0 Å². The third-order valence-corrected chi connectivity index (χ3v) is 7.56. The molecule has 0 aliphatic carbocycles. The van der Waals surface area contributed by atoms with Crippen molar-refractivity contribution in [2.45, 2.75) is 0 Å². The molecule has 2 aromatic carbocycles. The van der Waals surface area contributed by atoms with Gasteiger partial charge in [0.2, 0.25) is 0 Å². The fourth-order valence-corrected chi connectivity index (χ4v) is 5.51. The molecule has 3 rings (SSSR count). The second kappa shape index (κ2) is 7.35. The van der Waals surface area contributed by atoms with Crippen molar-refractivity contribution in [2.75, 3.05) is 38.0 Å². The fourth-order valence-electron chi connectivity index (χ4n) is 2.92. The lowest BCUT2D eigenvalue weighted by Crippen LogP contribution is -2.25. The van der Waals surface area contributed by atoms with Gasteiger partial charge in [-0.25, -0.2) is 0 Å². The van der Waals surface area contributed by atoms with Crippen LogP contribution in [0.5, 0.6) is 0 Å². The van der Waals surface area contributed by atoms with Crippen LogP contribution >= 0.6 is 7.14 Å². The summed E-state index contributed by atoms with van der Waals surface area (Å²) in [5.41, 5.74) is 2.16. The van der Waals surface area contributed by atoms with Crippen molar-refractivity contribution in [1.29, 1.82) is 0 Å². The Labute approximate surface area is 155 Å². The second-order valence-electron chi connectivity index (χ2n) is 6.64. The van der Waals surface area contributed by atoms with E-state index in [9.17, 15) is 4.57 Å². The van der Waals surface area contributed by atoms with E-state index in [1.54, 1.807) is 12.4 Å². The molecular weight excluding hydrogens is 341 g/mol. The van der Waals surface area contributed by atoms with Crippen LogP contribution in [-0.2, 0) is 4.57 Å². The highest BCUT2D eigenvalue weighted by Gasteiger charge is 2.29. The summed E-state index contributed by atoms with van der Waals surface area (Å²) >= 11 is 0. The summed E-state index contributed by atoms with van der Waals surface area (Å²) in [4.78, 5) is 8.16. The number of benzene rings is 2. The van der Waals surface area contributed by atoms with E-state index in [-0.39, 0.29) is 0 Å². The van der Waals surface area contributed by atoms with Crippen LogP contribution in [0.3, 0.4) is 0 Å². The Morgan fingerprint density at radius 2 is 0.962 bits per heavy atom. The molecule has 0 amide bonds. The van der Waals surface area contributed by atoms with E-state index in [2.05, 4.69) is 4.98 Å². The summed E-state index contributed by atoms with van der Waals surface area (Å²) in [7, 11) is 5.04. The third kappa shape index (κ3) is 3.38. The maximum Gasteiger partial charge on any atom is 0.171 e.